The highest BCUT2D eigenvalue weighted by Gasteiger charge is 2.09. The van der Waals surface area contributed by atoms with Crippen LogP contribution in [0.25, 0.3) is 0 Å². The van der Waals surface area contributed by atoms with Gasteiger partial charge in [0.1, 0.15) is 0 Å². The molecule has 0 amide bonds. The van der Waals surface area contributed by atoms with Gasteiger partial charge in [0.25, 0.3) is 0 Å². The lowest BCUT2D eigenvalue weighted by Crippen LogP contribution is -2.39. The summed E-state index contributed by atoms with van der Waals surface area (Å²) >= 11 is 2.06. The Kier molecular flexibility index (Phi) is 6.60. The first-order valence-corrected chi connectivity index (χ1v) is 6.52. The SMILES string of the molecule is COC(C)CNCCN1CCSCC1. The van der Waals surface area contributed by atoms with Gasteiger partial charge in [0.2, 0.25) is 0 Å². The van der Waals surface area contributed by atoms with Crippen LogP contribution in [-0.2, 0) is 4.74 Å². The lowest BCUT2D eigenvalue weighted by Gasteiger charge is -2.26. The number of methoxy groups -OCH3 is 1. The Morgan fingerprint density at radius 2 is 2.14 bits per heavy atom. The molecule has 84 valence electrons. The second-order valence-electron chi connectivity index (χ2n) is 3.70. The smallest absolute Gasteiger partial charge is 0.0667 e. The van der Waals surface area contributed by atoms with Crippen molar-refractivity contribution in [1.82, 2.24) is 10.2 Å². The van der Waals surface area contributed by atoms with Gasteiger partial charge in [0.05, 0.1) is 6.10 Å². The standard InChI is InChI=1S/C10H22N2OS/c1-10(13-2)9-11-3-4-12-5-7-14-8-6-12/h10-11H,3-9H2,1-2H3. The Morgan fingerprint density at radius 3 is 2.79 bits per heavy atom. The van der Waals surface area contributed by atoms with Crippen molar-refractivity contribution in [3.8, 4) is 0 Å². The van der Waals surface area contributed by atoms with E-state index in [-0.39, 0.29) is 0 Å². The van der Waals surface area contributed by atoms with Gasteiger partial charge in [-0.15, -0.1) is 0 Å². The number of thioether (sulfide) groups is 1. The summed E-state index contributed by atoms with van der Waals surface area (Å²) in [7, 11) is 1.76. The normalized spacial score (nSPS) is 21.0. The minimum Gasteiger partial charge on any atom is -0.380 e. The second kappa shape index (κ2) is 7.51. The van der Waals surface area contributed by atoms with E-state index in [4.69, 9.17) is 4.74 Å². The van der Waals surface area contributed by atoms with Gasteiger partial charge in [0, 0.05) is 51.3 Å². The molecule has 0 saturated carbocycles. The largest absolute Gasteiger partial charge is 0.380 e. The van der Waals surface area contributed by atoms with Crippen molar-refractivity contribution in [2.24, 2.45) is 0 Å². The summed E-state index contributed by atoms with van der Waals surface area (Å²) in [6, 6.07) is 0. The van der Waals surface area contributed by atoms with E-state index in [0.717, 1.165) is 13.1 Å². The van der Waals surface area contributed by atoms with Crippen LogP contribution in [0, 0.1) is 0 Å². The first kappa shape index (κ1) is 12.3. The zero-order valence-corrected chi connectivity index (χ0v) is 10.1. The first-order chi connectivity index (χ1) is 6.83. The molecule has 1 aliphatic heterocycles. The van der Waals surface area contributed by atoms with Gasteiger partial charge < -0.3 is 15.0 Å². The van der Waals surface area contributed by atoms with Gasteiger partial charge in [-0.3, -0.25) is 0 Å². The van der Waals surface area contributed by atoms with Crippen molar-refractivity contribution < 1.29 is 4.74 Å². The fraction of sp³-hybridized carbons (Fsp3) is 1.00. The number of nitrogens with zero attached hydrogens (tertiary/aromatic N) is 1. The van der Waals surface area contributed by atoms with Gasteiger partial charge in [-0.2, -0.15) is 11.8 Å². The summed E-state index contributed by atoms with van der Waals surface area (Å²) in [5.74, 6) is 2.60. The maximum Gasteiger partial charge on any atom is 0.0667 e. The molecule has 1 atom stereocenters. The topological polar surface area (TPSA) is 24.5 Å². The number of hydrogen-bond donors (Lipinski definition) is 1. The monoisotopic (exact) mass is 218 g/mol. The van der Waals surface area contributed by atoms with Gasteiger partial charge in [-0.1, -0.05) is 0 Å². The predicted octanol–water partition coefficient (Wildman–Crippen LogP) is 0.660. The van der Waals surface area contributed by atoms with Crippen LogP contribution >= 0.6 is 11.8 Å². The third-order valence-corrected chi connectivity index (χ3v) is 3.49. The maximum absolute atomic E-state index is 5.16. The fourth-order valence-electron chi connectivity index (χ4n) is 1.45. The van der Waals surface area contributed by atoms with Gasteiger partial charge in [0.15, 0.2) is 0 Å². The fourth-order valence-corrected chi connectivity index (χ4v) is 2.43. The van der Waals surface area contributed by atoms with E-state index in [0.29, 0.717) is 6.10 Å². The molecule has 0 radical (unpaired) electrons. The van der Waals surface area contributed by atoms with Crippen LogP contribution in [0.5, 0.6) is 0 Å². The van der Waals surface area contributed by atoms with E-state index in [1.165, 1.54) is 31.1 Å². The van der Waals surface area contributed by atoms with Crippen molar-refractivity contribution in [3.05, 3.63) is 0 Å². The quantitative estimate of drug-likeness (QED) is 0.662. The van der Waals surface area contributed by atoms with Crippen LogP contribution < -0.4 is 5.32 Å². The van der Waals surface area contributed by atoms with E-state index in [2.05, 4.69) is 28.9 Å². The van der Waals surface area contributed by atoms with E-state index in [1.54, 1.807) is 7.11 Å². The molecule has 3 nitrogen and oxygen atoms in total. The van der Waals surface area contributed by atoms with Crippen LogP contribution in [0.2, 0.25) is 0 Å². The molecule has 1 saturated heterocycles. The summed E-state index contributed by atoms with van der Waals surface area (Å²) < 4.78 is 5.16. The molecule has 0 aromatic rings. The van der Waals surface area contributed by atoms with Crippen LogP contribution in [0.3, 0.4) is 0 Å². The zero-order valence-electron chi connectivity index (χ0n) is 9.29. The summed E-state index contributed by atoms with van der Waals surface area (Å²) in [5.41, 5.74) is 0. The molecule has 0 aromatic heterocycles. The number of ether oxygens (including phenoxy) is 1. The predicted molar refractivity (Wildman–Crippen MR) is 63.1 cm³/mol. The molecule has 0 aromatic carbocycles. The average molecular weight is 218 g/mol. The molecule has 1 heterocycles. The van der Waals surface area contributed by atoms with Gasteiger partial charge >= 0.3 is 0 Å². The molecule has 1 N–H and O–H groups in total. The maximum atomic E-state index is 5.16. The van der Waals surface area contributed by atoms with E-state index in [9.17, 15) is 0 Å². The molecular weight excluding hydrogens is 196 g/mol. The molecule has 1 unspecified atom stereocenters. The van der Waals surface area contributed by atoms with E-state index in [1.807, 2.05) is 0 Å². The lowest BCUT2D eigenvalue weighted by atomic mass is 10.4. The highest BCUT2D eigenvalue weighted by Crippen LogP contribution is 2.07. The van der Waals surface area contributed by atoms with Crippen LogP contribution in [0.15, 0.2) is 0 Å². The molecule has 1 aliphatic rings. The molecule has 1 rings (SSSR count). The zero-order chi connectivity index (χ0) is 10.2. The summed E-state index contributed by atoms with van der Waals surface area (Å²) in [4.78, 5) is 2.53. The van der Waals surface area contributed by atoms with E-state index < -0.39 is 0 Å². The highest BCUT2D eigenvalue weighted by molar-refractivity contribution is 7.99. The molecule has 0 bridgehead atoms. The van der Waals surface area contributed by atoms with Crippen molar-refractivity contribution >= 4 is 11.8 Å². The molecule has 0 aliphatic carbocycles. The third kappa shape index (κ3) is 5.20. The lowest BCUT2D eigenvalue weighted by molar-refractivity contribution is 0.116. The van der Waals surface area contributed by atoms with Crippen LogP contribution in [-0.4, -0.2) is 62.3 Å². The van der Waals surface area contributed by atoms with E-state index >= 15 is 0 Å². The molecular formula is C10H22N2OS. The van der Waals surface area contributed by atoms with Crippen molar-refractivity contribution in [2.45, 2.75) is 13.0 Å². The Labute approximate surface area is 91.6 Å². The summed E-state index contributed by atoms with van der Waals surface area (Å²) in [6.07, 6.45) is 0.326. The number of hydrogen-bond acceptors (Lipinski definition) is 4. The molecule has 1 fully saturated rings. The van der Waals surface area contributed by atoms with Crippen molar-refractivity contribution in [1.29, 1.82) is 0 Å². The average Bonchev–Trinajstić information content (AvgIpc) is 2.25. The Hall–Kier alpha value is 0.230. The first-order valence-electron chi connectivity index (χ1n) is 5.36. The Balaban J connectivity index is 1.92. The summed E-state index contributed by atoms with van der Waals surface area (Å²) in [6.45, 7) is 7.82. The van der Waals surface area contributed by atoms with Crippen molar-refractivity contribution in [2.75, 3.05) is 51.3 Å². The minimum absolute atomic E-state index is 0.326. The third-order valence-electron chi connectivity index (χ3n) is 2.54. The van der Waals surface area contributed by atoms with Gasteiger partial charge in [-0.05, 0) is 6.92 Å². The van der Waals surface area contributed by atoms with Crippen molar-refractivity contribution in [3.63, 3.8) is 0 Å². The molecule has 4 heteroatoms. The minimum atomic E-state index is 0.326. The molecule has 14 heavy (non-hydrogen) atoms. The van der Waals surface area contributed by atoms with Crippen LogP contribution in [0.1, 0.15) is 6.92 Å². The molecule has 0 spiro atoms. The Morgan fingerprint density at radius 1 is 1.43 bits per heavy atom. The summed E-state index contributed by atoms with van der Waals surface area (Å²) in [5, 5.41) is 3.41. The Bertz CT molecular complexity index is 140. The number of nitrogens with one attached hydrogen (secondary N) is 1. The number of rotatable bonds is 6. The van der Waals surface area contributed by atoms with Crippen LogP contribution in [0.4, 0.5) is 0 Å². The van der Waals surface area contributed by atoms with Gasteiger partial charge in [-0.25, -0.2) is 0 Å². The highest BCUT2D eigenvalue weighted by atomic mass is 32.2. The second-order valence-corrected chi connectivity index (χ2v) is 4.93.